The third kappa shape index (κ3) is 5.35. The van der Waals surface area contributed by atoms with Gasteiger partial charge in [0.15, 0.2) is 6.61 Å². The molecule has 0 saturated carbocycles. The number of benzene rings is 1. The van der Waals surface area contributed by atoms with Gasteiger partial charge in [-0.05, 0) is 50.8 Å². The molecule has 5 nitrogen and oxygen atoms in total. The number of hydrogen-bond acceptors (Lipinski definition) is 4. The summed E-state index contributed by atoms with van der Waals surface area (Å²) < 4.78 is 11.0. The summed E-state index contributed by atoms with van der Waals surface area (Å²) in [6, 6.07) is 5.26. The first-order valence-electron chi connectivity index (χ1n) is 9.24. The van der Waals surface area contributed by atoms with Crippen LogP contribution in [0.4, 0.5) is 0 Å². The van der Waals surface area contributed by atoms with Crippen molar-refractivity contribution in [2.75, 3.05) is 6.61 Å². The Morgan fingerprint density at radius 2 is 1.92 bits per heavy atom. The average molecular weight is 359 g/mol. The Hall–Kier alpha value is -2.30. The monoisotopic (exact) mass is 359 g/mol. The van der Waals surface area contributed by atoms with Crippen LogP contribution in [0.2, 0.25) is 0 Å². The summed E-state index contributed by atoms with van der Waals surface area (Å²) in [6.45, 7) is 10.0. The van der Waals surface area contributed by atoms with E-state index in [9.17, 15) is 9.59 Å². The van der Waals surface area contributed by atoms with Crippen molar-refractivity contribution in [3.63, 3.8) is 0 Å². The lowest BCUT2D eigenvalue weighted by atomic mass is 10.0. The van der Waals surface area contributed by atoms with E-state index in [1.54, 1.807) is 0 Å². The highest BCUT2D eigenvalue weighted by atomic mass is 16.5. The lowest BCUT2D eigenvalue weighted by molar-refractivity contribution is -0.123. The van der Waals surface area contributed by atoms with Crippen molar-refractivity contribution in [1.29, 1.82) is 0 Å². The standard InChI is InChI=1S/C21H29NO4/c1-13(2)7-6-8-15(4)22-19(23)12-25-18-10-9-17-14(3)11-20(24)26-21(17)16(18)5/h9-11,13,15H,6-8,12H2,1-5H3,(H,22,23)/t15-/m1/s1. The SMILES string of the molecule is Cc1cc(=O)oc2c(C)c(OCC(=O)N[C@H](C)CCCC(C)C)ccc12. The maximum atomic E-state index is 12.1. The van der Waals surface area contributed by atoms with Crippen LogP contribution in [0, 0.1) is 19.8 Å². The van der Waals surface area contributed by atoms with Crippen LogP contribution in [-0.2, 0) is 4.79 Å². The molecule has 5 heteroatoms. The fraction of sp³-hybridized carbons (Fsp3) is 0.524. The van der Waals surface area contributed by atoms with E-state index in [0.717, 1.165) is 35.8 Å². The van der Waals surface area contributed by atoms with E-state index in [1.165, 1.54) is 6.07 Å². The van der Waals surface area contributed by atoms with Gasteiger partial charge in [-0.25, -0.2) is 4.79 Å². The zero-order valence-corrected chi connectivity index (χ0v) is 16.3. The van der Waals surface area contributed by atoms with Gasteiger partial charge in [0.25, 0.3) is 5.91 Å². The molecule has 1 amide bonds. The van der Waals surface area contributed by atoms with Crippen molar-refractivity contribution < 1.29 is 13.9 Å². The predicted molar refractivity (Wildman–Crippen MR) is 104 cm³/mol. The van der Waals surface area contributed by atoms with Gasteiger partial charge in [-0.2, -0.15) is 0 Å². The molecule has 2 rings (SSSR count). The molecule has 0 bridgehead atoms. The van der Waals surface area contributed by atoms with Crippen LogP contribution in [0.5, 0.6) is 5.75 Å². The molecule has 0 saturated heterocycles. The zero-order valence-electron chi connectivity index (χ0n) is 16.3. The summed E-state index contributed by atoms with van der Waals surface area (Å²) >= 11 is 0. The maximum absolute atomic E-state index is 12.1. The number of ether oxygens (including phenoxy) is 1. The third-order valence-corrected chi connectivity index (χ3v) is 4.50. The molecule has 26 heavy (non-hydrogen) atoms. The molecule has 2 aromatic rings. The average Bonchev–Trinajstić information content (AvgIpc) is 2.54. The first-order valence-corrected chi connectivity index (χ1v) is 9.24. The number of amides is 1. The van der Waals surface area contributed by atoms with Gasteiger partial charge in [0.05, 0.1) is 0 Å². The third-order valence-electron chi connectivity index (χ3n) is 4.50. The molecule has 1 N–H and O–H groups in total. The van der Waals surface area contributed by atoms with Crippen molar-refractivity contribution in [3.8, 4) is 5.75 Å². The van der Waals surface area contributed by atoms with E-state index in [2.05, 4.69) is 19.2 Å². The lowest BCUT2D eigenvalue weighted by Gasteiger charge is -2.16. The van der Waals surface area contributed by atoms with Gasteiger partial charge >= 0.3 is 5.63 Å². The van der Waals surface area contributed by atoms with Crippen LogP contribution in [-0.4, -0.2) is 18.6 Å². The first-order chi connectivity index (χ1) is 12.3. The van der Waals surface area contributed by atoms with Gasteiger partial charge in [0.1, 0.15) is 11.3 Å². The van der Waals surface area contributed by atoms with Crippen molar-refractivity contribution in [3.05, 3.63) is 39.7 Å². The smallest absolute Gasteiger partial charge is 0.336 e. The topological polar surface area (TPSA) is 68.5 Å². The lowest BCUT2D eigenvalue weighted by Crippen LogP contribution is -2.36. The quantitative estimate of drug-likeness (QED) is 0.720. The zero-order chi connectivity index (χ0) is 19.3. The second-order valence-electron chi connectivity index (χ2n) is 7.40. The van der Waals surface area contributed by atoms with Gasteiger partial charge in [-0.3, -0.25) is 4.79 Å². The Balaban J connectivity index is 1.96. The Morgan fingerprint density at radius 1 is 1.19 bits per heavy atom. The Kier molecular flexibility index (Phi) is 6.83. The summed E-state index contributed by atoms with van der Waals surface area (Å²) in [5, 5.41) is 3.83. The molecule has 1 aromatic heterocycles. The van der Waals surface area contributed by atoms with E-state index in [-0.39, 0.29) is 24.2 Å². The summed E-state index contributed by atoms with van der Waals surface area (Å²) in [6.07, 6.45) is 3.23. The van der Waals surface area contributed by atoms with Gasteiger partial charge in [0, 0.05) is 23.1 Å². The minimum Gasteiger partial charge on any atom is -0.483 e. The minimum absolute atomic E-state index is 0.0586. The van der Waals surface area contributed by atoms with Crippen LogP contribution in [0.15, 0.2) is 27.4 Å². The molecule has 142 valence electrons. The van der Waals surface area contributed by atoms with E-state index >= 15 is 0 Å². The largest absolute Gasteiger partial charge is 0.483 e. The van der Waals surface area contributed by atoms with Gasteiger partial charge in [0.2, 0.25) is 0 Å². The van der Waals surface area contributed by atoms with Gasteiger partial charge in [-0.15, -0.1) is 0 Å². The van der Waals surface area contributed by atoms with E-state index in [4.69, 9.17) is 9.15 Å². The number of hydrogen-bond donors (Lipinski definition) is 1. The predicted octanol–water partition coefficient (Wildman–Crippen LogP) is 4.12. The number of fused-ring (bicyclic) bond motifs is 1. The molecular formula is C21H29NO4. The van der Waals surface area contributed by atoms with Crippen molar-refractivity contribution in [2.24, 2.45) is 5.92 Å². The van der Waals surface area contributed by atoms with E-state index in [0.29, 0.717) is 17.3 Å². The Morgan fingerprint density at radius 3 is 2.62 bits per heavy atom. The van der Waals surface area contributed by atoms with Crippen molar-refractivity contribution in [2.45, 2.75) is 59.9 Å². The minimum atomic E-state index is -0.386. The van der Waals surface area contributed by atoms with Crippen LogP contribution < -0.4 is 15.7 Å². The summed E-state index contributed by atoms with van der Waals surface area (Å²) in [4.78, 5) is 23.7. The molecule has 0 spiro atoms. The van der Waals surface area contributed by atoms with Crippen molar-refractivity contribution >= 4 is 16.9 Å². The fourth-order valence-corrected chi connectivity index (χ4v) is 3.02. The van der Waals surface area contributed by atoms with Gasteiger partial charge in [-0.1, -0.05) is 26.7 Å². The molecule has 0 unspecified atom stereocenters. The first kappa shape index (κ1) is 20.0. The van der Waals surface area contributed by atoms with E-state index < -0.39 is 0 Å². The molecular weight excluding hydrogens is 330 g/mol. The molecule has 1 aromatic carbocycles. The number of nitrogens with one attached hydrogen (secondary N) is 1. The molecule has 0 fully saturated rings. The molecule has 0 radical (unpaired) electrons. The molecule has 0 aliphatic carbocycles. The Bertz CT molecular complexity index is 823. The number of carbonyl (C=O) groups excluding carboxylic acids is 1. The second-order valence-corrected chi connectivity index (χ2v) is 7.40. The molecule has 0 aliphatic heterocycles. The number of aryl methyl sites for hydroxylation is 2. The number of rotatable bonds is 8. The normalized spacial score (nSPS) is 12.4. The summed E-state index contributed by atoms with van der Waals surface area (Å²) in [5.41, 5.74) is 1.71. The van der Waals surface area contributed by atoms with Crippen LogP contribution in [0.3, 0.4) is 0 Å². The van der Waals surface area contributed by atoms with Crippen LogP contribution in [0.25, 0.3) is 11.0 Å². The highest BCUT2D eigenvalue weighted by Gasteiger charge is 2.13. The highest BCUT2D eigenvalue weighted by molar-refractivity contribution is 5.85. The molecule has 1 heterocycles. The van der Waals surface area contributed by atoms with Crippen LogP contribution in [0.1, 0.15) is 51.2 Å². The molecule has 1 atom stereocenters. The molecule has 0 aliphatic rings. The van der Waals surface area contributed by atoms with Crippen molar-refractivity contribution in [1.82, 2.24) is 5.32 Å². The van der Waals surface area contributed by atoms with E-state index in [1.807, 2.05) is 32.9 Å². The highest BCUT2D eigenvalue weighted by Crippen LogP contribution is 2.28. The van der Waals surface area contributed by atoms with Crippen LogP contribution >= 0.6 is 0 Å². The van der Waals surface area contributed by atoms with Gasteiger partial charge < -0.3 is 14.5 Å². The Labute approximate surface area is 154 Å². The summed E-state index contributed by atoms with van der Waals surface area (Å²) in [5.74, 6) is 1.09. The summed E-state index contributed by atoms with van der Waals surface area (Å²) in [7, 11) is 0. The fourth-order valence-electron chi connectivity index (χ4n) is 3.02. The second kappa shape index (κ2) is 8.88. The number of carbonyl (C=O) groups is 1. The maximum Gasteiger partial charge on any atom is 0.336 e.